The lowest BCUT2D eigenvalue weighted by molar-refractivity contribution is -0.114. The molecule has 1 fully saturated rings. The summed E-state index contributed by atoms with van der Waals surface area (Å²) in [6.45, 7) is 9.79. The minimum Gasteiger partial charge on any atom is -0.295 e. The normalized spacial score (nSPS) is 43.6. The van der Waals surface area contributed by atoms with Crippen LogP contribution in [-0.4, -0.2) is 5.78 Å². The summed E-state index contributed by atoms with van der Waals surface area (Å²) in [7, 11) is 0. The predicted molar refractivity (Wildman–Crippen MR) is 102 cm³/mol. The third kappa shape index (κ3) is 3.55. The molecular weight excluding hydrogens is 292 g/mol. The fourth-order valence-electron chi connectivity index (χ4n) is 5.70. The van der Waals surface area contributed by atoms with Crippen molar-refractivity contribution in [3.63, 3.8) is 0 Å². The first-order valence-electron chi connectivity index (χ1n) is 10.3. The van der Waals surface area contributed by atoms with Crippen molar-refractivity contribution in [2.75, 3.05) is 0 Å². The maximum absolute atomic E-state index is 12.1. The molecule has 3 rings (SSSR count). The molecule has 0 aromatic heterocycles. The van der Waals surface area contributed by atoms with Crippen LogP contribution in [0.4, 0.5) is 0 Å². The van der Waals surface area contributed by atoms with Crippen molar-refractivity contribution in [3.05, 3.63) is 23.3 Å². The van der Waals surface area contributed by atoms with Gasteiger partial charge in [0.05, 0.1) is 0 Å². The second-order valence-corrected chi connectivity index (χ2v) is 9.36. The van der Waals surface area contributed by atoms with E-state index in [2.05, 4.69) is 33.8 Å². The number of rotatable bonds is 0. The van der Waals surface area contributed by atoms with Crippen LogP contribution in [0.25, 0.3) is 0 Å². The molecule has 3 aliphatic rings. The Labute approximate surface area is 149 Å². The summed E-state index contributed by atoms with van der Waals surface area (Å²) < 4.78 is 0. The van der Waals surface area contributed by atoms with Gasteiger partial charge in [0.1, 0.15) is 0 Å². The van der Waals surface area contributed by atoms with Gasteiger partial charge in [-0.3, -0.25) is 4.79 Å². The highest BCUT2D eigenvalue weighted by Crippen LogP contribution is 2.54. The Hall–Kier alpha value is -0.850. The standard InChI is InChI=1S/C23H36O/c1-16-7-9-18(3)21-11-10-19-15-20(24)6-5-13-23(19,4)22(21)12-8-17(2)14-16/h12,15-18,21H,5-11,13-14H2,1-4H3/b22-12+. The molecule has 0 aromatic rings. The van der Waals surface area contributed by atoms with Crippen LogP contribution in [0.2, 0.25) is 0 Å². The average molecular weight is 329 g/mol. The Bertz CT molecular complexity index is 540. The minimum absolute atomic E-state index is 0.161. The van der Waals surface area contributed by atoms with Gasteiger partial charge in [0.2, 0.25) is 0 Å². The Morgan fingerprint density at radius 1 is 1.04 bits per heavy atom. The maximum Gasteiger partial charge on any atom is 0.155 e. The molecule has 24 heavy (non-hydrogen) atoms. The van der Waals surface area contributed by atoms with E-state index in [-0.39, 0.29) is 5.41 Å². The second-order valence-electron chi connectivity index (χ2n) is 9.36. The fraction of sp³-hybridized carbons (Fsp3) is 0.783. The molecule has 1 heteroatoms. The molecule has 0 spiro atoms. The van der Waals surface area contributed by atoms with Gasteiger partial charge in [-0.05, 0) is 74.7 Å². The molecule has 5 atom stereocenters. The smallest absolute Gasteiger partial charge is 0.155 e. The largest absolute Gasteiger partial charge is 0.295 e. The molecule has 0 saturated heterocycles. The number of hydrogen-bond donors (Lipinski definition) is 0. The van der Waals surface area contributed by atoms with Crippen LogP contribution in [0.15, 0.2) is 23.3 Å². The van der Waals surface area contributed by atoms with Crippen LogP contribution >= 0.6 is 0 Å². The summed E-state index contributed by atoms with van der Waals surface area (Å²) in [5, 5.41) is 0. The Morgan fingerprint density at radius 3 is 2.62 bits per heavy atom. The van der Waals surface area contributed by atoms with E-state index in [1.807, 2.05) is 6.08 Å². The van der Waals surface area contributed by atoms with Crippen molar-refractivity contribution in [3.8, 4) is 0 Å². The van der Waals surface area contributed by atoms with Crippen LogP contribution in [-0.2, 0) is 4.79 Å². The van der Waals surface area contributed by atoms with Crippen molar-refractivity contribution in [1.82, 2.24) is 0 Å². The third-order valence-electron chi connectivity index (χ3n) is 7.25. The number of hydrogen-bond acceptors (Lipinski definition) is 1. The first kappa shape index (κ1) is 18.0. The van der Waals surface area contributed by atoms with E-state index in [4.69, 9.17) is 0 Å². The van der Waals surface area contributed by atoms with Crippen LogP contribution in [0.5, 0.6) is 0 Å². The topological polar surface area (TPSA) is 17.1 Å². The van der Waals surface area contributed by atoms with Crippen LogP contribution in [0.1, 0.15) is 85.5 Å². The molecule has 5 unspecified atom stereocenters. The van der Waals surface area contributed by atoms with Crippen molar-refractivity contribution < 1.29 is 4.79 Å². The summed E-state index contributed by atoms with van der Waals surface area (Å²) in [6.07, 6.45) is 15.3. The first-order valence-corrected chi connectivity index (χ1v) is 10.3. The van der Waals surface area contributed by atoms with Gasteiger partial charge in [-0.1, -0.05) is 51.3 Å². The van der Waals surface area contributed by atoms with Gasteiger partial charge >= 0.3 is 0 Å². The zero-order chi connectivity index (χ0) is 17.3. The highest BCUT2D eigenvalue weighted by Gasteiger charge is 2.43. The van der Waals surface area contributed by atoms with Crippen LogP contribution in [0, 0.1) is 29.1 Å². The molecule has 0 aliphatic heterocycles. The van der Waals surface area contributed by atoms with Gasteiger partial charge in [-0.25, -0.2) is 0 Å². The molecule has 1 saturated carbocycles. The summed E-state index contributed by atoms with van der Waals surface area (Å²) in [5.41, 5.74) is 3.30. The number of allylic oxidation sites excluding steroid dienone is 4. The average Bonchev–Trinajstić information content (AvgIpc) is 2.67. The molecule has 0 aromatic carbocycles. The Balaban J connectivity index is 1.98. The van der Waals surface area contributed by atoms with E-state index in [1.54, 1.807) is 5.57 Å². The molecule has 3 aliphatic carbocycles. The maximum atomic E-state index is 12.1. The van der Waals surface area contributed by atoms with Gasteiger partial charge in [0.15, 0.2) is 5.78 Å². The number of fused-ring (bicyclic) bond motifs is 3. The molecule has 0 amide bonds. The molecule has 134 valence electrons. The van der Waals surface area contributed by atoms with Gasteiger partial charge in [-0.15, -0.1) is 0 Å². The highest BCUT2D eigenvalue weighted by molar-refractivity contribution is 5.91. The quantitative estimate of drug-likeness (QED) is 0.464. The summed E-state index contributed by atoms with van der Waals surface area (Å²) in [4.78, 5) is 12.1. The number of carbonyl (C=O) groups is 1. The zero-order valence-electron chi connectivity index (χ0n) is 16.2. The molecular formula is C23H36O. The first-order chi connectivity index (χ1) is 11.4. The summed E-state index contributed by atoms with van der Waals surface area (Å²) in [6, 6.07) is 0. The van der Waals surface area contributed by atoms with E-state index in [0.29, 0.717) is 5.78 Å². The lowest BCUT2D eigenvalue weighted by atomic mass is 9.58. The SMILES string of the molecule is CC1C/C=C2\C(CCC3=CC(=O)CCCC32C)C(C)CCC(C)C1. The fourth-order valence-corrected chi connectivity index (χ4v) is 5.70. The van der Waals surface area contributed by atoms with Crippen molar-refractivity contribution in [2.45, 2.75) is 85.5 Å². The summed E-state index contributed by atoms with van der Waals surface area (Å²) in [5.74, 6) is 3.53. The second kappa shape index (κ2) is 7.18. The Morgan fingerprint density at radius 2 is 1.83 bits per heavy atom. The Kier molecular flexibility index (Phi) is 5.37. The molecule has 0 heterocycles. The molecule has 0 N–H and O–H groups in total. The predicted octanol–water partition coefficient (Wildman–Crippen LogP) is 6.49. The summed E-state index contributed by atoms with van der Waals surface area (Å²) >= 11 is 0. The van der Waals surface area contributed by atoms with Crippen LogP contribution < -0.4 is 0 Å². The third-order valence-corrected chi connectivity index (χ3v) is 7.25. The van der Waals surface area contributed by atoms with E-state index in [1.165, 1.54) is 44.1 Å². The van der Waals surface area contributed by atoms with E-state index >= 15 is 0 Å². The van der Waals surface area contributed by atoms with Gasteiger partial charge in [-0.2, -0.15) is 0 Å². The molecule has 0 radical (unpaired) electrons. The minimum atomic E-state index is 0.161. The molecule has 1 nitrogen and oxygen atoms in total. The van der Waals surface area contributed by atoms with Gasteiger partial charge < -0.3 is 0 Å². The lowest BCUT2D eigenvalue weighted by Crippen LogP contribution is -2.34. The molecule has 0 bridgehead atoms. The van der Waals surface area contributed by atoms with Gasteiger partial charge in [0.25, 0.3) is 0 Å². The monoisotopic (exact) mass is 328 g/mol. The van der Waals surface area contributed by atoms with E-state index < -0.39 is 0 Å². The van der Waals surface area contributed by atoms with Crippen molar-refractivity contribution >= 4 is 5.78 Å². The van der Waals surface area contributed by atoms with E-state index in [9.17, 15) is 4.79 Å². The van der Waals surface area contributed by atoms with Crippen molar-refractivity contribution in [1.29, 1.82) is 0 Å². The number of ketones is 1. The lowest BCUT2D eigenvalue weighted by Gasteiger charge is -2.46. The zero-order valence-corrected chi connectivity index (χ0v) is 16.2. The van der Waals surface area contributed by atoms with Gasteiger partial charge in [0, 0.05) is 11.8 Å². The van der Waals surface area contributed by atoms with Crippen LogP contribution in [0.3, 0.4) is 0 Å². The number of carbonyl (C=O) groups excluding carboxylic acids is 1. The van der Waals surface area contributed by atoms with E-state index in [0.717, 1.165) is 42.9 Å². The highest BCUT2D eigenvalue weighted by atomic mass is 16.1. The van der Waals surface area contributed by atoms with Crippen molar-refractivity contribution in [2.24, 2.45) is 29.1 Å².